The van der Waals surface area contributed by atoms with Crippen LogP contribution in [0.5, 0.6) is 0 Å². The Bertz CT molecular complexity index is 113. The molecule has 0 spiro atoms. The smallest absolute Gasteiger partial charge is 0.285 e. The van der Waals surface area contributed by atoms with Crippen molar-refractivity contribution < 1.29 is 14.7 Å². The van der Waals surface area contributed by atoms with Gasteiger partial charge in [-0.3, -0.25) is 0 Å². The van der Waals surface area contributed by atoms with Gasteiger partial charge in [0.15, 0.2) is 0 Å². The highest BCUT2D eigenvalue weighted by Gasteiger charge is 1.78. The lowest BCUT2D eigenvalue weighted by Crippen LogP contribution is -2.21. The minimum absolute atomic E-state index is 1.82. The minimum Gasteiger partial charge on any atom is -0.424 e. The van der Waals surface area contributed by atoms with E-state index in [1.807, 2.05) is 0 Å². The highest BCUT2D eigenvalue weighted by molar-refractivity contribution is 5.53. The normalized spacial score (nSPS) is 6.29. The average Bonchev–Trinajstić information content (AvgIpc) is 1.61. The molecular weight excluding hydrogens is 102 g/mol. The van der Waals surface area contributed by atoms with Crippen molar-refractivity contribution in [2.24, 2.45) is 5.28 Å². The molecule has 6 nitrogen and oxygen atoms in total. The van der Waals surface area contributed by atoms with Gasteiger partial charge in [0.05, 0.1) is 0 Å². The van der Waals surface area contributed by atoms with Crippen molar-refractivity contribution in [3.63, 3.8) is 0 Å². The second kappa shape index (κ2) is 2.80. The first-order valence-electron chi connectivity index (χ1n) is 1.22. The molecule has 0 saturated carbocycles. The van der Waals surface area contributed by atoms with Crippen LogP contribution in [-0.4, -0.2) is 6.16 Å². The molecule has 0 unspecified atom stereocenters. The Labute approximate surface area is 37.9 Å². The lowest BCUT2D eigenvalue weighted by Gasteiger charge is -1.84. The van der Waals surface area contributed by atoms with Gasteiger partial charge in [0.1, 0.15) is 5.53 Å². The summed E-state index contributed by atoms with van der Waals surface area (Å²) >= 11 is 0. The molecule has 0 radical (unpaired) electrons. The van der Waals surface area contributed by atoms with Gasteiger partial charge >= 0.3 is 0 Å². The first-order valence-corrected chi connectivity index (χ1v) is 1.22. The van der Waals surface area contributed by atoms with E-state index in [0.717, 1.165) is 0 Å². The monoisotopic (exact) mass is 103 g/mol. The fourth-order valence-electron chi connectivity index (χ4n) is 0.0537. The van der Waals surface area contributed by atoms with Crippen LogP contribution < -0.4 is 10.0 Å². The molecule has 0 heterocycles. The van der Waals surface area contributed by atoms with E-state index in [-0.39, 0.29) is 0 Å². The molecule has 1 N–H and O–H groups in total. The van der Waals surface area contributed by atoms with Crippen LogP contribution in [0.1, 0.15) is 0 Å². The summed E-state index contributed by atoms with van der Waals surface area (Å²) in [5.41, 5.74) is 5.84. The zero-order valence-electron chi connectivity index (χ0n) is 3.12. The second-order valence-corrected chi connectivity index (χ2v) is 0.523. The van der Waals surface area contributed by atoms with E-state index in [1.165, 1.54) is 0 Å². The minimum atomic E-state index is -1.82. The van der Waals surface area contributed by atoms with Gasteiger partial charge in [-0.05, 0) is 0 Å². The predicted octanol–water partition coefficient (Wildman–Crippen LogP) is -1.19. The van der Waals surface area contributed by atoms with E-state index in [9.17, 15) is 9.90 Å². The number of nitrogens with zero attached hydrogens (tertiary/aromatic N) is 2. The summed E-state index contributed by atoms with van der Waals surface area (Å²) in [6.45, 7) is 0. The van der Waals surface area contributed by atoms with Crippen LogP contribution in [0, 0.1) is 5.53 Å². The Morgan fingerprint density at radius 1 is 2.00 bits per heavy atom. The van der Waals surface area contributed by atoms with Gasteiger partial charge in [-0.15, -0.1) is 0 Å². The molecule has 0 atom stereocenters. The van der Waals surface area contributed by atoms with Crippen molar-refractivity contribution >= 4 is 6.16 Å². The number of nitrogens with one attached hydrogen (secondary N) is 1. The van der Waals surface area contributed by atoms with E-state index in [2.05, 4.69) is 15.0 Å². The third kappa shape index (κ3) is 4.58. The van der Waals surface area contributed by atoms with Gasteiger partial charge in [-0.2, -0.15) is 0 Å². The second-order valence-electron chi connectivity index (χ2n) is 0.523. The van der Waals surface area contributed by atoms with Gasteiger partial charge in [0, 0.05) is 0 Å². The van der Waals surface area contributed by atoms with Gasteiger partial charge in [0.2, 0.25) is 4.91 Å². The van der Waals surface area contributed by atoms with Crippen molar-refractivity contribution in [1.82, 2.24) is 4.91 Å². The molecule has 0 bridgehead atoms. The molecule has 0 amide bonds. The van der Waals surface area contributed by atoms with Crippen molar-refractivity contribution in [2.45, 2.75) is 0 Å². The van der Waals surface area contributed by atoms with Gasteiger partial charge in [-0.25, -0.2) is 0 Å². The number of hydrogen-bond donors (Lipinski definition) is 1. The van der Waals surface area contributed by atoms with Crippen LogP contribution in [-0.2, 0) is 4.84 Å². The highest BCUT2D eigenvalue weighted by atomic mass is 16.8. The summed E-state index contributed by atoms with van der Waals surface area (Å²) in [6, 6.07) is 0. The maximum absolute atomic E-state index is 9.19. The Balaban J connectivity index is 3.32. The summed E-state index contributed by atoms with van der Waals surface area (Å²) in [6.07, 6.45) is -1.82. The number of carbonyl (C=O) groups excluding carboxylic acids is 1. The van der Waals surface area contributed by atoms with Gasteiger partial charge in [-0.1, -0.05) is 0 Å². The SMILES string of the molecule is N=[N+]=NOC(=O)[O-]. The summed E-state index contributed by atoms with van der Waals surface area (Å²) in [5, 5.41) is 11.5. The summed E-state index contributed by atoms with van der Waals surface area (Å²) < 4.78 is 0. The van der Waals surface area contributed by atoms with Crippen molar-refractivity contribution in [2.75, 3.05) is 0 Å². The number of hydrogen-bond acceptors (Lipinski definition) is 5. The van der Waals surface area contributed by atoms with E-state index >= 15 is 0 Å². The molecular formula is CHN3O3. The average molecular weight is 103 g/mol. The van der Waals surface area contributed by atoms with Crippen LogP contribution in [0.15, 0.2) is 5.28 Å². The zero-order chi connectivity index (χ0) is 5.70. The number of carbonyl (C=O) groups is 1. The van der Waals surface area contributed by atoms with Crippen LogP contribution in [0.25, 0.3) is 0 Å². The lowest BCUT2D eigenvalue weighted by molar-refractivity contribution is -0.284. The molecule has 0 aliphatic heterocycles. The standard InChI is InChI=1S/CHN3O3/c2-3-4-7-1(5)6/h2H. The van der Waals surface area contributed by atoms with Crippen LogP contribution in [0.3, 0.4) is 0 Å². The van der Waals surface area contributed by atoms with Crippen molar-refractivity contribution in [3.05, 3.63) is 0 Å². The molecule has 0 aromatic rings. The summed E-state index contributed by atoms with van der Waals surface area (Å²) in [4.78, 5) is 14.7. The fourth-order valence-corrected chi connectivity index (χ4v) is 0.0537. The Morgan fingerprint density at radius 2 is 2.57 bits per heavy atom. The molecule has 6 heteroatoms. The highest BCUT2D eigenvalue weighted by Crippen LogP contribution is 1.65. The molecule has 38 valence electrons. The molecule has 0 saturated heterocycles. The molecule has 0 rings (SSSR count). The Morgan fingerprint density at radius 3 is 2.71 bits per heavy atom. The lowest BCUT2D eigenvalue weighted by atomic mass is 11.4. The van der Waals surface area contributed by atoms with E-state index in [1.54, 1.807) is 0 Å². The maximum atomic E-state index is 9.19. The quantitative estimate of drug-likeness (QED) is 0.256. The zero-order valence-corrected chi connectivity index (χ0v) is 3.12. The predicted molar refractivity (Wildman–Crippen MR) is 13.8 cm³/mol. The largest absolute Gasteiger partial charge is 0.424 e. The third-order valence-electron chi connectivity index (χ3n) is 0.156. The van der Waals surface area contributed by atoms with E-state index in [4.69, 9.17) is 5.53 Å². The Kier molecular flexibility index (Phi) is 2.23. The summed E-state index contributed by atoms with van der Waals surface area (Å²) in [7, 11) is 0. The van der Waals surface area contributed by atoms with Crippen molar-refractivity contribution in [1.29, 1.82) is 5.53 Å². The first kappa shape index (κ1) is 5.58. The first-order chi connectivity index (χ1) is 3.27. The van der Waals surface area contributed by atoms with Gasteiger partial charge in [0.25, 0.3) is 11.4 Å². The molecule has 0 aliphatic rings. The molecule has 0 aromatic heterocycles. The molecule has 0 aromatic carbocycles. The topological polar surface area (TPSA) is 99.7 Å². The van der Waals surface area contributed by atoms with E-state index in [0.29, 0.717) is 0 Å². The Hall–Kier alpha value is -1.42. The van der Waals surface area contributed by atoms with Crippen LogP contribution in [0.2, 0.25) is 0 Å². The van der Waals surface area contributed by atoms with Crippen molar-refractivity contribution in [3.8, 4) is 0 Å². The van der Waals surface area contributed by atoms with Gasteiger partial charge < -0.3 is 14.7 Å². The van der Waals surface area contributed by atoms with Crippen LogP contribution in [0.4, 0.5) is 4.79 Å². The summed E-state index contributed by atoms with van der Waals surface area (Å²) in [5.74, 6) is 0. The number of carboxylic acid groups (broad SMARTS) is 1. The molecule has 0 aliphatic carbocycles. The maximum Gasteiger partial charge on any atom is 0.285 e. The molecule has 0 fully saturated rings. The molecule has 7 heavy (non-hydrogen) atoms. The fraction of sp³-hybridized carbons (Fsp3) is 0. The van der Waals surface area contributed by atoms with E-state index < -0.39 is 6.16 Å². The third-order valence-corrected chi connectivity index (χ3v) is 0.156. The number of rotatable bonds is 1. The van der Waals surface area contributed by atoms with Crippen LogP contribution >= 0.6 is 0 Å².